The fraction of sp³-hybridized carbons (Fsp3) is 0.286. The molecular weight excluding hydrogens is 294 g/mol. The van der Waals surface area contributed by atoms with E-state index in [0.717, 1.165) is 13.0 Å². The van der Waals surface area contributed by atoms with E-state index in [4.69, 9.17) is 11.6 Å². The fourth-order valence-corrected chi connectivity index (χ4v) is 3.43. The summed E-state index contributed by atoms with van der Waals surface area (Å²) in [7, 11) is 0. The van der Waals surface area contributed by atoms with Crippen LogP contribution in [0.5, 0.6) is 0 Å². The standard InChI is InChI=1S/C14H14ClN3OS/c15-13-10(4-2-8-17-13)18-14(19)12-6-5-11(20-12)9-3-1-7-16-9/h2,4-6,8-9,16H,1,3,7H2,(H,18,19)/t9-/m1/s1. The zero-order chi connectivity index (χ0) is 13.9. The van der Waals surface area contributed by atoms with Gasteiger partial charge in [0, 0.05) is 17.1 Å². The molecular formula is C14H14ClN3OS. The Bertz CT molecular complexity index is 622. The number of nitrogens with zero attached hydrogens (tertiary/aromatic N) is 1. The summed E-state index contributed by atoms with van der Waals surface area (Å²) in [5, 5.41) is 6.52. The summed E-state index contributed by atoms with van der Waals surface area (Å²) in [6, 6.07) is 7.75. The molecule has 1 aliphatic rings. The van der Waals surface area contributed by atoms with Crippen LogP contribution in [0.2, 0.25) is 5.15 Å². The summed E-state index contributed by atoms with van der Waals surface area (Å²) >= 11 is 7.46. The lowest BCUT2D eigenvalue weighted by Crippen LogP contribution is -2.12. The average Bonchev–Trinajstić information content (AvgIpc) is 3.11. The first-order chi connectivity index (χ1) is 9.74. The molecule has 20 heavy (non-hydrogen) atoms. The van der Waals surface area contributed by atoms with Gasteiger partial charge in [0.05, 0.1) is 10.6 Å². The Morgan fingerprint density at radius 2 is 2.35 bits per heavy atom. The van der Waals surface area contributed by atoms with Crippen molar-refractivity contribution in [3.8, 4) is 0 Å². The molecule has 2 aromatic rings. The van der Waals surface area contributed by atoms with E-state index in [1.165, 1.54) is 22.6 Å². The minimum Gasteiger partial charge on any atom is -0.319 e. The van der Waals surface area contributed by atoms with Crippen molar-refractivity contribution in [2.75, 3.05) is 11.9 Å². The van der Waals surface area contributed by atoms with Crippen molar-refractivity contribution in [3.05, 3.63) is 45.4 Å². The molecule has 1 saturated heterocycles. The third-order valence-electron chi connectivity index (χ3n) is 3.26. The van der Waals surface area contributed by atoms with E-state index in [0.29, 0.717) is 21.8 Å². The Kier molecular flexibility index (Phi) is 4.00. The number of halogens is 1. The van der Waals surface area contributed by atoms with Crippen molar-refractivity contribution >= 4 is 34.5 Å². The third kappa shape index (κ3) is 2.85. The zero-order valence-electron chi connectivity index (χ0n) is 10.7. The van der Waals surface area contributed by atoms with Crippen LogP contribution in [-0.2, 0) is 0 Å². The maximum Gasteiger partial charge on any atom is 0.265 e. The second kappa shape index (κ2) is 5.91. The number of hydrogen-bond donors (Lipinski definition) is 2. The van der Waals surface area contributed by atoms with Crippen molar-refractivity contribution in [1.29, 1.82) is 0 Å². The number of carbonyl (C=O) groups is 1. The quantitative estimate of drug-likeness (QED) is 0.854. The first-order valence-electron chi connectivity index (χ1n) is 6.49. The average molecular weight is 308 g/mol. The van der Waals surface area contributed by atoms with Gasteiger partial charge in [-0.05, 0) is 43.7 Å². The van der Waals surface area contributed by atoms with Crippen LogP contribution in [0.15, 0.2) is 30.5 Å². The maximum absolute atomic E-state index is 12.2. The number of nitrogens with one attached hydrogen (secondary N) is 2. The van der Waals surface area contributed by atoms with Gasteiger partial charge in [0.25, 0.3) is 5.91 Å². The Balaban J connectivity index is 1.73. The summed E-state index contributed by atoms with van der Waals surface area (Å²) in [6.07, 6.45) is 3.92. The van der Waals surface area contributed by atoms with Crippen molar-refractivity contribution in [1.82, 2.24) is 10.3 Å². The van der Waals surface area contributed by atoms with Crippen molar-refractivity contribution in [2.24, 2.45) is 0 Å². The highest BCUT2D eigenvalue weighted by molar-refractivity contribution is 7.14. The molecule has 1 atom stereocenters. The maximum atomic E-state index is 12.2. The molecule has 1 aliphatic heterocycles. The smallest absolute Gasteiger partial charge is 0.265 e. The summed E-state index contributed by atoms with van der Waals surface area (Å²) in [5.41, 5.74) is 0.535. The molecule has 0 unspecified atom stereocenters. The zero-order valence-corrected chi connectivity index (χ0v) is 12.3. The van der Waals surface area contributed by atoms with Crippen LogP contribution in [-0.4, -0.2) is 17.4 Å². The molecule has 2 N–H and O–H groups in total. The Morgan fingerprint density at radius 3 is 3.10 bits per heavy atom. The molecule has 0 spiro atoms. The predicted molar refractivity (Wildman–Crippen MR) is 81.5 cm³/mol. The number of hydrogen-bond acceptors (Lipinski definition) is 4. The van der Waals surface area contributed by atoms with Gasteiger partial charge in [0.15, 0.2) is 5.15 Å². The molecule has 4 nitrogen and oxygen atoms in total. The number of rotatable bonds is 3. The molecule has 6 heteroatoms. The highest BCUT2D eigenvalue weighted by Crippen LogP contribution is 2.30. The first kappa shape index (κ1) is 13.5. The number of amides is 1. The van der Waals surface area contributed by atoms with E-state index in [9.17, 15) is 4.79 Å². The van der Waals surface area contributed by atoms with Crippen molar-refractivity contribution in [2.45, 2.75) is 18.9 Å². The molecule has 0 aliphatic carbocycles. The van der Waals surface area contributed by atoms with Gasteiger partial charge in [-0.1, -0.05) is 11.6 Å². The second-order valence-electron chi connectivity index (χ2n) is 4.65. The van der Waals surface area contributed by atoms with E-state index >= 15 is 0 Å². The fourth-order valence-electron chi connectivity index (χ4n) is 2.25. The number of pyridine rings is 1. The summed E-state index contributed by atoms with van der Waals surface area (Å²) in [6.45, 7) is 1.05. The van der Waals surface area contributed by atoms with Crippen LogP contribution in [0.3, 0.4) is 0 Å². The normalized spacial score (nSPS) is 18.1. The van der Waals surface area contributed by atoms with E-state index < -0.39 is 0 Å². The summed E-state index contributed by atoms with van der Waals surface area (Å²) < 4.78 is 0. The Hall–Kier alpha value is -1.43. The molecule has 0 saturated carbocycles. The minimum absolute atomic E-state index is 0.144. The van der Waals surface area contributed by atoms with Crippen LogP contribution in [0.4, 0.5) is 5.69 Å². The second-order valence-corrected chi connectivity index (χ2v) is 6.12. The molecule has 3 rings (SSSR count). The topological polar surface area (TPSA) is 54.0 Å². The van der Waals surface area contributed by atoms with Gasteiger partial charge in [0.2, 0.25) is 0 Å². The molecule has 0 aromatic carbocycles. The van der Waals surface area contributed by atoms with Crippen LogP contribution < -0.4 is 10.6 Å². The van der Waals surface area contributed by atoms with Crippen LogP contribution in [0, 0.1) is 0 Å². The van der Waals surface area contributed by atoms with Gasteiger partial charge in [-0.25, -0.2) is 4.98 Å². The van der Waals surface area contributed by atoms with Gasteiger partial charge in [-0.3, -0.25) is 4.79 Å². The predicted octanol–water partition coefficient (Wildman–Crippen LogP) is 3.47. The largest absolute Gasteiger partial charge is 0.319 e. The number of carbonyl (C=O) groups excluding carboxylic acids is 1. The van der Waals surface area contributed by atoms with E-state index in [2.05, 4.69) is 15.6 Å². The minimum atomic E-state index is -0.144. The van der Waals surface area contributed by atoms with E-state index in [-0.39, 0.29) is 5.91 Å². The lowest BCUT2D eigenvalue weighted by atomic mass is 10.2. The highest BCUT2D eigenvalue weighted by Gasteiger charge is 2.19. The monoisotopic (exact) mass is 307 g/mol. The molecule has 1 amide bonds. The highest BCUT2D eigenvalue weighted by atomic mass is 35.5. The first-order valence-corrected chi connectivity index (χ1v) is 7.68. The van der Waals surface area contributed by atoms with E-state index in [1.54, 1.807) is 18.3 Å². The number of aromatic nitrogens is 1. The molecule has 1 fully saturated rings. The Morgan fingerprint density at radius 1 is 1.45 bits per heavy atom. The van der Waals surface area contributed by atoms with Gasteiger partial charge in [-0.2, -0.15) is 0 Å². The van der Waals surface area contributed by atoms with Gasteiger partial charge >= 0.3 is 0 Å². The van der Waals surface area contributed by atoms with Crippen molar-refractivity contribution < 1.29 is 4.79 Å². The lowest BCUT2D eigenvalue weighted by Gasteiger charge is -2.06. The lowest BCUT2D eigenvalue weighted by molar-refractivity contribution is 0.103. The van der Waals surface area contributed by atoms with Gasteiger partial charge < -0.3 is 10.6 Å². The molecule has 0 radical (unpaired) electrons. The number of anilines is 1. The van der Waals surface area contributed by atoms with Gasteiger partial charge in [0.1, 0.15) is 0 Å². The molecule has 0 bridgehead atoms. The number of thiophene rings is 1. The SMILES string of the molecule is O=C(Nc1cccnc1Cl)c1ccc([C@H]2CCCN2)s1. The molecule has 104 valence electrons. The Labute approximate surface area is 126 Å². The van der Waals surface area contributed by atoms with Crippen LogP contribution in [0.1, 0.15) is 33.4 Å². The summed E-state index contributed by atoms with van der Waals surface area (Å²) in [4.78, 5) is 18.0. The van der Waals surface area contributed by atoms with Crippen molar-refractivity contribution in [3.63, 3.8) is 0 Å². The van der Waals surface area contributed by atoms with Gasteiger partial charge in [-0.15, -0.1) is 11.3 Å². The molecule has 3 heterocycles. The summed E-state index contributed by atoms with van der Waals surface area (Å²) in [5.74, 6) is -0.144. The third-order valence-corrected chi connectivity index (χ3v) is 4.76. The van der Waals surface area contributed by atoms with E-state index in [1.807, 2.05) is 12.1 Å². The van der Waals surface area contributed by atoms with Crippen LogP contribution >= 0.6 is 22.9 Å². The molecule has 2 aromatic heterocycles. The van der Waals surface area contributed by atoms with Crippen LogP contribution in [0.25, 0.3) is 0 Å².